The molecule has 0 spiro atoms. The van der Waals surface area contributed by atoms with Crippen molar-refractivity contribution in [3.8, 4) is 0 Å². The van der Waals surface area contributed by atoms with Crippen LogP contribution in [0.3, 0.4) is 0 Å². The van der Waals surface area contributed by atoms with Crippen molar-refractivity contribution in [2.45, 2.75) is 25.9 Å². The van der Waals surface area contributed by atoms with Crippen LogP contribution in [0.25, 0.3) is 0 Å². The highest BCUT2D eigenvalue weighted by molar-refractivity contribution is 5.90. The van der Waals surface area contributed by atoms with Crippen molar-refractivity contribution in [2.24, 2.45) is 11.7 Å². The Balaban J connectivity index is 2.88. The standard InChI is InChI=1S/C14H21N3O2/c1-9(2)11(15)13(18)17-12(14(19)16-3)10-7-5-4-6-8-10/h4-9,11-12H,15H2,1-3H3,(H,16,19)(H,17,18)/t11-,12-/m0/s1. The van der Waals surface area contributed by atoms with E-state index in [0.29, 0.717) is 0 Å². The molecule has 0 aromatic heterocycles. The lowest BCUT2D eigenvalue weighted by Gasteiger charge is -2.21. The first-order valence-electron chi connectivity index (χ1n) is 6.29. The maximum absolute atomic E-state index is 12.0. The molecule has 2 amide bonds. The van der Waals surface area contributed by atoms with E-state index >= 15 is 0 Å². The van der Waals surface area contributed by atoms with Gasteiger partial charge in [0, 0.05) is 7.05 Å². The van der Waals surface area contributed by atoms with E-state index in [-0.39, 0.29) is 17.7 Å². The summed E-state index contributed by atoms with van der Waals surface area (Å²) in [5.74, 6) is -0.580. The van der Waals surface area contributed by atoms with Crippen LogP contribution in [0.1, 0.15) is 25.5 Å². The third-order valence-electron chi connectivity index (χ3n) is 2.95. The second-order valence-electron chi connectivity index (χ2n) is 4.74. The zero-order chi connectivity index (χ0) is 14.4. The molecule has 5 nitrogen and oxygen atoms in total. The van der Waals surface area contributed by atoms with Gasteiger partial charge in [0.05, 0.1) is 6.04 Å². The topological polar surface area (TPSA) is 84.2 Å². The molecule has 1 aromatic rings. The molecule has 1 aromatic carbocycles. The summed E-state index contributed by atoms with van der Waals surface area (Å²) in [4.78, 5) is 23.8. The van der Waals surface area contributed by atoms with E-state index in [2.05, 4.69) is 10.6 Å². The predicted molar refractivity (Wildman–Crippen MR) is 74.2 cm³/mol. The van der Waals surface area contributed by atoms with E-state index in [1.807, 2.05) is 32.0 Å². The van der Waals surface area contributed by atoms with Gasteiger partial charge in [-0.3, -0.25) is 9.59 Å². The number of benzene rings is 1. The van der Waals surface area contributed by atoms with Gasteiger partial charge in [-0.25, -0.2) is 0 Å². The van der Waals surface area contributed by atoms with Crippen LogP contribution in [0.5, 0.6) is 0 Å². The molecule has 0 unspecified atom stereocenters. The van der Waals surface area contributed by atoms with Gasteiger partial charge < -0.3 is 16.4 Å². The number of likely N-dealkylation sites (N-methyl/N-ethyl adjacent to an activating group) is 1. The van der Waals surface area contributed by atoms with Gasteiger partial charge in [-0.15, -0.1) is 0 Å². The second-order valence-corrected chi connectivity index (χ2v) is 4.74. The summed E-state index contributed by atoms with van der Waals surface area (Å²) in [6, 6.07) is 7.73. The molecule has 0 aliphatic carbocycles. The first-order chi connectivity index (χ1) is 8.97. The van der Waals surface area contributed by atoms with Gasteiger partial charge in [-0.05, 0) is 11.5 Å². The number of hydrogen-bond acceptors (Lipinski definition) is 3. The van der Waals surface area contributed by atoms with Crippen molar-refractivity contribution < 1.29 is 9.59 Å². The molecule has 0 heterocycles. The Bertz CT molecular complexity index is 432. The van der Waals surface area contributed by atoms with Crippen molar-refractivity contribution in [1.29, 1.82) is 0 Å². The summed E-state index contributed by atoms with van der Waals surface area (Å²) >= 11 is 0. The molecule has 0 bridgehead atoms. The minimum Gasteiger partial charge on any atom is -0.357 e. The Morgan fingerprint density at radius 1 is 1.11 bits per heavy atom. The predicted octanol–water partition coefficient (Wildman–Crippen LogP) is 0.573. The lowest BCUT2D eigenvalue weighted by molar-refractivity contribution is -0.130. The third kappa shape index (κ3) is 4.06. The highest BCUT2D eigenvalue weighted by Crippen LogP contribution is 2.13. The molecule has 1 rings (SSSR count). The number of nitrogens with one attached hydrogen (secondary N) is 2. The summed E-state index contributed by atoms with van der Waals surface area (Å²) in [7, 11) is 1.53. The van der Waals surface area contributed by atoms with Gasteiger partial charge in [-0.2, -0.15) is 0 Å². The van der Waals surface area contributed by atoms with E-state index in [9.17, 15) is 9.59 Å². The summed E-state index contributed by atoms with van der Waals surface area (Å²) in [5, 5.41) is 5.23. The van der Waals surface area contributed by atoms with Gasteiger partial charge in [0.2, 0.25) is 11.8 Å². The first kappa shape index (κ1) is 15.2. The fourth-order valence-corrected chi connectivity index (χ4v) is 1.63. The van der Waals surface area contributed by atoms with Crippen molar-refractivity contribution in [1.82, 2.24) is 10.6 Å². The largest absolute Gasteiger partial charge is 0.357 e. The van der Waals surface area contributed by atoms with Crippen molar-refractivity contribution in [3.05, 3.63) is 35.9 Å². The molecule has 5 heteroatoms. The van der Waals surface area contributed by atoms with Crippen LogP contribution in [-0.2, 0) is 9.59 Å². The van der Waals surface area contributed by atoms with E-state index in [1.54, 1.807) is 12.1 Å². The average Bonchev–Trinajstić information content (AvgIpc) is 2.43. The summed E-state index contributed by atoms with van der Waals surface area (Å²) in [5.41, 5.74) is 6.51. The number of amides is 2. The highest BCUT2D eigenvalue weighted by atomic mass is 16.2. The van der Waals surface area contributed by atoms with Crippen LogP contribution in [-0.4, -0.2) is 24.9 Å². The van der Waals surface area contributed by atoms with Crippen LogP contribution in [0.4, 0.5) is 0 Å². The van der Waals surface area contributed by atoms with Crippen molar-refractivity contribution >= 4 is 11.8 Å². The summed E-state index contributed by atoms with van der Waals surface area (Å²) < 4.78 is 0. The normalized spacial score (nSPS) is 13.7. The van der Waals surface area contributed by atoms with Gasteiger partial charge in [0.15, 0.2) is 0 Å². The Hall–Kier alpha value is -1.88. The number of nitrogens with two attached hydrogens (primary N) is 1. The fraction of sp³-hybridized carbons (Fsp3) is 0.429. The molecule has 0 fully saturated rings. The maximum Gasteiger partial charge on any atom is 0.246 e. The lowest BCUT2D eigenvalue weighted by Crippen LogP contribution is -2.48. The summed E-state index contributed by atoms with van der Waals surface area (Å²) in [6.07, 6.45) is 0. The molecule has 4 N–H and O–H groups in total. The monoisotopic (exact) mass is 263 g/mol. The maximum atomic E-state index is 12.0. The minimum absolute atomic E-state index is 0.0149. The van der Waals surface area contributed by atoms with Crippen LogP contribution in [0.15, 0.2) is 30.3 Å². The number of rotatable bonds is 5. The van der Waals surface area contributed by atoms with Crippen LogP contribution in [0.2, 0.25) is 0 Å². The zero-order valence-corrected chi connectivity index (χ0v) is 11.5. The fourth-order valence-electron chi connectivity index (χ4n) is 1.63. The van der Waals surface area contributed by atoms with E-state index in [0.717, 1.165) is 5.56 Å². The smallest absolute Gasteiger partial charge is 0.246 e. The number of carbonyl (C=O) groups is 2. The Morgan fingerprint density at radius 2 is 1.68 bits per heavy atom. The second kappa shape index (κ2) is 6.89. The molecule has 19 heavy (non-hydrogen) atoms. The van der Waals surface area contributed by atoms with Gasteiger partial charge >= 0.3 is 0 Å². The van der Waals surface area contributed by atoms with Crippen LogP contribution in [0, 0.1) is 5.92 Å². The molecule has 2 atom stereocenters. The molecule has 0 saturated carbocycles. The van der Waals surface area contributed by atoms with E-state index < -0.39 is 12.1 Å². The Morgan fingerprint density at radius 3 is 2.16 bits per heavy atom. The number of carbonyl (C=O) groups excluding carboxylic acids is 2. The molecular weight excluding hydrogens is 242 g/mol. The molecule has 0 radical (unpaired) electrons. The molecule has 0 saturated heterocycles. The SMILES string of the molecule is CNC(=O)[C@@H](NC(=O)[C@@H](N)C(C)C)c1ccccc1. The van der Waals surface area contributed by atoms with Crippen LogP contribution >= 0.6 is 0 Å². The van der Waals surface area contributed by atoms with Crippen LogP contribution < -0.4 is 16.4 Å². The molecule has 0 aliphatic heterocycles. The third-order valence-corrected chi connectivity index (χ3v) is 2.95. The zero-order valence-electron chi connectivity index (χ0n) is 11.5. The van der Waals surface area contributed by atoms with Crippen molar-refractivity contribution in [2.75, 3.05) is 7.05 Å². The molecular formula is C14H21N3O2. The lowest BCUT2D eigenvalue weighted by atomic mass is 10.0. The molecule has 0 aliphatic rings. The molecule has 104 valence electrons. The summed E-state index contributed by atoms with van der Waals surface area (Å²) in [6.45, 7) is 3.73. The van der Waals surface area contributed by atoms with E-state index in [1.165, 1.54) is 7.05 Å². The van der Waals surface area contributed by atoms with Gasteiger partial charge in [-0.1, -0.05) is 44.2 Å². The Kier molecular flexibility index (Phi) is 5.51. The van der Waals surface area contributed by atoms with Crippen molar-refractivity contribution in [3.63, 3.8) is 0 Å². The first-order valence-corrected chi connectivity index (χ1v) is 6.29. The highest BCUT2D eigenvalue weighted by Gasteiger charge is 2.25. The van der Waals surface area contributed by atoms with E-state index in [4.69, 9.17) is 5.73 Å². The average molecular weight is 263 g/mol. The van der Waals surface area contributed by atoms with Gasteiger partial charge in [0.1, 0.15) is 6.04 Å². The minimum atomic E-state index is -0.719. The Labute approximate surface area is 113 Å². The van der Waals surface area contributed by atoms with Gasteiger partial charge in [0.25, 0.3) is 0 Å². The number of hydrogen-bond donors (Lipinski definition) is 3. The quantitative estimate of drug-likeness (QED) is 0.726.